The van der Waals surface area contributed by atoms with Gasteiger partial charge in [0.25, 0.3) is 0 Å². The van der Waals surface area contributed by atoms with E-state index in [1.807, 2.05) is 6.92 Å². The SMILES string of the molecule is CCCCOC(=O)NSC#N. The van der Waals surface area contributed by atoms with Crippen LogP contribution in [0.5, 0.6) is 0 Å². The number of carbonyl (C=O) groups is 1. The first kappa shape index (κ1) is 10.1. The van der Waals surface area contributed by atoms with Crippen molar-refractivity contribution in [3.8, 4) is 5.40 Å². The number of nitrogens with zero attached hydrogens (tertiary/aromatic N) is 1. The van der Waals surface area contributed by atoms with Crippen LogP contribution in [0.15, 0.2) is 0 Å². The lowest BCUT2D eigenvalue weighted by molar-refractivity contribution is 0.151. The van der Waals surface area contributed by atoms with Gasteiger partial charge in [-0.05, 0) is 6.42 Å². The Labute approximate surface area is 70.0 Å². The summed E-state index contributed by atoms with van der Waals surface area (Å²) in [4.78, 5) is 10.6. The van der Waals surface area contributed by atoms with Crippen molar-refractivity contribution in [3.05, 3.63) is 0 Å². The van der Waals surface area contributed by atoms with Gasteiger partial charge in [0.1, 0.15) is 0 Å². The Hall–Kier alpha value is -0.890. The fraction of sp³-hybridized carbons (Fsp3) is 0.667. The summed E-state index contributed by atoms with van der Waals surface area (Å²) in [6, 6.07) is 0. The molecule has 0 unspecified atom stereocenters. The zero-order valence-electron chi connectivity index (χ0n) is 6.29. The average molecular weight is 174 g/mol. The zero-order valence-corrected chi connectivity index (χ0v) is 7.11. The maximum absolute atomic E-state index is 10.6. The van der Waals surface area contributed by atoms with Gasteiger partial charge >= 0.3 is 6.09 Å². The van der Waals surface area contributed by atoms with Crippen molar-refractivity contribution >= 4 is 18.0 Å². The normalized spacial score (nSPS) is 8.36. The third-order valence-corrected chi connectivity index (χ3v) is 1.27. The Morgan fingerprint density at radius 2 is 2.55 bits per heavy atom. The molecule has 0 atom stereocenters. The van der Waals surface area contributed by atoms with Crippen LogP contribution in [0.25, 0.3) is 0 Å². The molecule has 0 aromatic carbocycles. The number of amides is 1. The van der Waals surface area contributed by atoms with Gasteiger partial charge in [0, 0.05) is 0 Å². The average Bonchev–Trinajstić information content (AvgIpc) is 2.01. The Morgan fingerprint density at radius 3 is 3.09 bits per heavy atom. The molecule has 0 aliphatic rings. The van der Waals surface area contributed by atoms with Crippen molar-refractivity contribution in [3.63, 3.8) is 0 Å². The van der Waals surface area contributed by atoms with E-state index in [9.17, 15) is 4.79 Å². The molecule has 0 saturated heterocycles. The Balaban J connectivity index is 3.17. The Bertz CT molecular complexity index is 155. The van der Waals surface area contributed by atoms with Crippen LogP contribution in [-0.4, -0.2) is 12.7 Å². The highest BCUT2D eigenvalue weighted by atomic mass is 32.2. The van der Waals surface area contributed by atoms with Crippen LogP contribution < -0.4 is 4.72 Å². The first-order chi connectivity index (χ1) is 5.31. The molecule has 0 heterocycles. The topological polar surface area (TPSA) is 62.1 Å². The summed E-state index contributed by atoms with van der Waals surface area (Å²) in [5.41, 5.74) is 0. The first-order valence-electron chi connectivity index (χ1n) is 3.29. The molecule has 1 N–H and O–H groups in total. The highest BCUT2D eigenvalue weighted by Gasteiger charge is 1.98. The van der Waals surface area contributed by atoms with Gasteiger partial charge < -0.3 is 4.74 Å². The second kappa shape index (κ2) is 7.22. The fourth-order valence-corrected chi connectivity index (χ4v) is 0.591. The lowest BCUT2D eigenvalue weighted by Crippen LogP contribution is -2.16. The summed E-state index contributed by atoms with van der Waals surface area (Å²) < 4.78 is 6.85. The molecular weight excluding hydrogens is 164 g/mol. The van der Waals surface area contributed by atoms with Crippen LogP contribution in [0.1, 0.15) is 19.8 Å². The first-order valence-corrected chi connectivity index (χ1v) is 4.10. The smallest absolute Gasteiger partial charge is 0.417 e. The third kappa shape index (κ3) is 7.00. The molecule has 0 radical (unpaired) electrons. The fourth-order valence-electron chi connectivity index (χ4n) is 0.403. The minimum absolute atomic E-state index is 0.411. The maximum Gasteiger partial charge on any atom is 0.417 e. The molecule has 62 valence electrons. The molecule has 0 aromatic rings. The van der Waals surface area contributed by atoms with Crippen LogP contribution >= 0.6 is 11.9 Å². The van der Waals surface area contributed by atoms with Crippen molar-refractivity contribution in [2.75, 3.05) is 6.61 Å². The molecule has 0 aromatic heterocycles. The number of nitrogens with one attached hydrogen (secondary N) is 1. The molecule has 0 fully saturated rings. The molecule has 0 spiro atoms. The highest BCUT2D eigenvalue weighted by molar-refractivity contribution is 8.02. The monoisotopic (exact) mass is 174 g/mol. The van der Waals surface area contributed by atoms with Gasteiger partial charge in [0.2, 0.25) is 0 Å². The molecule has 0 rings (SSSR count). The maximum atomic E-state index is 10.6. The van der Waals surface area contributed by atoms with E-state index < -0.39 is 6.09 Å². The van der Waals surface area contributed by atoms with E-state index in [-0.39, 0.29) is 0 Å². The van der Waals surface area contributed by atoms with Gasteiger partial charge in [-0.25, -0.2) is 4.79 Å². The van der Waals surface area contributed by atoms with E-state index in [1.165, 1.54) is 0 Å². The highest BCUT2D eigenvalue weighted by Crippen LogP contribution is 1.92. The number of hydrogen-bond donors (Lipinski definition) is 1. The number of nitriles is 1. The van der Waals surface area contributed by atoms with E-state index in [2.05, 4.69) is 9.46 Å². The minimum atomic E-state index is -0.551. The number of unbranched alkanes of at least 4 members (excludes halogenated alkanes) is 1. The number of rotatable bonds is 4. The van der Waals surface area contributed by atoms with Gasteiger partial charge in [-0.15, -0.1) is 0 Å². The molecule has 5 heteroatoms. The van der Waals surface area contributed by atoms with E-state index in [1.54, 1.807) is 5.40 Å². The van der Waals surface area contributed by atoms with Crippen molar-refractivity contribution < 1.29 is 9.53 Å². The molecule has 4 nitrogen and oxygen atoms in total. The predicted octanol–water partition coefficient (Wildman–Crippen LogP) is 1.64. The van der Waals surface area contributed by atoms with Crippen LogP contribution in [0.4, 0.5) is 4.79 Å². The molecule has 1 amide bonds. The summed E-state index contributed by atoms with van der Waals surface area (Å²) >= 11 is 0.655. The van der Waals surface area contributed by atoms with Crippen LogP contribution in [-0.2, 0) is 4.74 Å². The molecular formula is C6H10N2O2S. The largest absolute Gasteiger partial charge is 0.449 e. The van der Waals surface area contributed by atoms with E-state index >= 15 is 0 Å². The van der Waals surface area contributed by atoms with Gasteiger partial charge in [0.05, 0.1) is 18.6 Å². The lowest BCUT2D eigenvalue weighted by atomic mass is 10.4. The lowest BCUT2D eigenvalue weighted by Gasteiger charge is -2.00. The predicted molar refractivity (Wildman–Crippen MR) is 42.6 cm³/mol. The summed E-state index contributed by atoms with van der Waals surface area (Å²) in [5.74, 6) is 0. The standard InChI is InChI=1S/C6H10N2O2S/c1-2-3-4-10-6(9)8-11-5-7/h2-4H2,1H3,(H,8,9). The van der Waals surface area contributed by atoms with E-state index in [0.717, 1.165) is 12.8 Å². The van der Waals surface area contributed by atoms with E-state index in [0.29, 0.717) is 18.6 Å². The third-order valence-electron chi connectivity index (χ3n) is 0.911. The van der Waals surface area contributed by atoms with E-state index in [4.69, 9.17) is 5.26 Å². The van der Waals surface area contributed by atoms with Crippen LogP contribution in [0.2, 0.25) is 0 Å². The number of thiocyanates is 1. The second-order valence-corrected chi connectivity index (χ2v) is 2.38. The van der Waals surface area contributed by atoms with Crippen molar-refractivity contribution in [2.45, 2.75) is 19.8 Å². The zero-order chi connectivity index (χ0) is 8.53. The van der Waals surface area contributed by atoms with Crippen molar-refractivity contribution in [1.82, 2.24) is 4.72 Å². The van der Waals surface area contributed by atoms with Gasteiger partial charge in [-0.2, -0.15) is 5.26 Å². The number of ether oxygens (including phenoxy) is 1. The summed E-state index contributed by atoms with van der Waals surface area (Å²) in [7, 11) is 0. The minimum Gasteiger partial charge on any atom is -0.449 e. The van der Waals surface area contributed by atoms with Gasteiger partial charge in [-0.3, -0.25) is 4.72 Å². The molecule has 0 aliphatic heterocycles. The van der Waals surface area contributed by atoms with Crippen LogP contribution in [0.3, 0.4) is 0 Å². The van der Waals surface area contributed by atoms with Crippen molar-refractivity contribution in [1.29, 1.82) is 5.26 Å². The second-order valence-electron chi connectivity index (χ2n) is 1.78. The quantitative estimate of drug-likeness (QED) is 0.400. The number of carbonyl (C=O) groups excluding carboxylic acids is 1. The van der Waals surface area contributed by atoms with Gasteiger partial charge in [-0.1, -0.05) is 13.3 Å². The Morgan fingerprint density at radius 1 is 1.82 bits per heavy atom. The Kier molecular flexibility index (Phi) is 6.64. The molecule has 0 saturated carbocycles. The molecule has 0 bridgehead atoms. The summed E-state index contributed by atoms with van der Waals surface area (Å²) in [5, 5.41) is 9.72. The van der Waals surface area contributed by atoms with Gasteiger partial charge in [0.15, 0.2) is 5.40 Å². The summed E-state index contributed by atoms with van der Waals surface area (Å²) in [6.45, 7) is 2.42. The number of hydrogen-bond acceptors (Lipinski definition) is 4. The molecule has 0 aliphatic carbocycles. The van der Waals surface area contributed by atoms with Crippen molar-refractivity contribution in [2.24, 2.45) is 0 Å². The summed E-state index contributed by atoms with van der Waals surface area (Å²) in [6.07, 6.45) is 1.29. The van der Waals surface area contributed by atoms with Crippen LogP contribution in [0, 0.1) is 10.7 Å². The molecule has 11 heavy (non-hydrogen) atoms.